The van der Waals surface area contributed by atoms with E-state index in [-0.39, 0.29) is 29.1 Å². The quantitative estimate of drug-likeness (QED) is 0.837. The number of hydrogen-bond donors (Lipinski definition) is 2. The summed E-state index contributed by atoms with van der Waals surface area (Å²) in [7, 11) is -2.58. The standard InChI is InChI=1S/C13H18N2O5S/c1-19-11-5-4-9(7-12(11)21(14,17)18)15-13(16)8-10-3-2-6-20-10/h4-5,7,10H,2-3,6,8H2,1H3,(H,15,16)(H2,14,17,18). The van der Waals surface area contributed by atoms with Crippen molar-refractivity contribution in [2.75, 3.05) is 19.0 Å². The van der Waals surface area contributed by atoms with E-state index in [9.17, 15) is 13.2 Å². The summed E-state index contributed by atoms with van der Waals surface area (Å²) >= 11 is 0. The Morgan fingerprint density at radius 2 is 2.29 bits per heavy atom. The third kappa shape index (κ3) is 4.16. The first-order chi connectivity index (χ1) is 9.90. The molecule has 0 spiro atoms. The molecule has 2 rings (SSSR count). The lowest BCUT2D eigenvalue weighted by molar-refractivity contribution is -0.118. The molecule has 1 aliphatic rings. The number of anilines is 1. The van der Waals surface area contributed by atoms with Gasteiger partial charge in [-0.05, 0) is 31.0 Å². The minimum atomic E-state index is -3.93. The SMILES string of the molecule is COc1ccc(NC(=O)CC2CCCO2)cc1S(N)(=O)=O. The van der Waals surface area contributed by atoms with E-state index in [4.69, 9.17) is 14.6 Å². The zero-order valence-corrected chi connectivity index (χ0v) is 12.5. The summed E-state index contributed by atoms with van der Waals surface area (Å²) in [5.41, 5.74) is 0.350. The molecule has 1 saturated heterocycles. The largest absolute Gasteiger partial charge is 0.495 e. The molecule has 1 unspecified atom stereocenters. The second-order valence-electron chi connectivity index (χ2n) is 4.80. The van der Waals surface area contributed by atoms with Crippen LogP contribution in [0.15, 0.2) is 23.1 Å². The number of carbonyl (C=O) groups is 1. The summed E-state index contributed by atoms with van der Waals surface area (Å²) < 4.78 is 33.3. The highest BCUT2D eigenvalue weighted by Gasteiger charge is 2.20. The van der Waals surface area contributed by atoms with Crippen LogP contribution in [0.1, 0.15) is 19.3 Å². The van der Waals surface area contributed by atoms with Gasteiger partial charge in [-0.1, -0.05) is 0 Å². The molecule has 1 fully saturated rings. The molecule has 1 amide bonds. The number of benzene rings is 1. The minimum Gasteiger partial charge on any atom is -0.495 e. The molecule has 1 aromatic rings. The molecule has 0 bridgehead atoms. The van der Waals surface area contributed by atoms with Gasteiger partial charge in [0.2, 0.25) is 15.9 Å². The maximum absolute atomic E-state index is 11.9. The fourth-order valence-electron chi connectivity index (χ4n) is 2.20. The number of rotatable bonds is 5. The van der Waals surface area contributed by atoms with Crippen molar-refractivity contribution in [1.82, 2.24) is 0 Å². The summed E-state index contributed by atoms with van der Waals surface area (Å²) in [5.74, 6) is -0.0953. The van der Waals surface area contributed by atoms with E-state index in [0.717, 1.165) is 12.8 Å². The summed E-state index contributed by atoms with van der Waals surface area (Å²) in [6, 6.07) is 4.28. The molecule has 1 heterocycles. The Morgan fingerprint density at radius 1 is 1.52 bits per heavy atom. The monoisotopic (exact) mass is 314 g/mol. The van der Waals surface area contributed by atoms with Gasteiger partial charge in [0.05, 0.1) is 19.6 Å². The molecule has 116 valence electrons. The molecule has 1 atom stereocenters. The molecular weight excluding hydrogens is 296 g/mol. The van der Waals surface area contributed by atoms with Crippen LogP contribution in [0, 0.1) is 0 Å². The van der Waals surface area contributed by atoms with Gasteiger partial charge in [-0.25, -0.2) is 13.6 Å². The second kappa shape index (κ2) is 6.42. The van der Waals surface area contributed by atoms with Gasteiger partial charge in [-0.3, -0.25) is 4.79 Å². The lowest BCUT2D eigenvalue weighted by Crippen LogP contribution is -2.20. The van der Waals surface area contributed by atoms with Crippen LogP contribution >= 0.6 is 0 Å². The van der Waals surface area contributed by atoms with Gasteiger partial charge in [0.1, 0.15) is 10.6 Å². The zero-order valence-electron chi connectivity index (χ0n) is 11.7. The zero-order chi connectivity index (χ0) is 15.5. The Balaban J connectivity index is 2.11. The molecule has 0 saturated carbocycles. The fourth-order valence-corrected chi connectivity index (χ4v) is 2.92. The molecule has 7 nitrogen and oxygen atoms in total. The van der Waals surface area contributed by atoms with E-state index in [1.807, 2.05) is 0 Å². The van der Waals surface area contributed by atoms with Crippen molar-refractivity contribution in [3.05, 3.63) is 18.2 Å². The second-order valence-corrected chi connectivity index (χ2v) is 6.33. The molecule has 0 radical (unpaired) electrons. The maximum Gasteiger partial charge on any atom is 0.241 e. The molecule has 0 aliphatic carbocycles. The van der Waals surface area contributed by atoms with Crippen LogP contribution in [0.5, 0.6) is 5.75 Å². The van der Waals surface area contributed by atoms with Crippen LogP contribution in [0.25, 0.3) is 0 Å². The number of primary sulfonamides is 1. The predicted octanol–water partition coefficient (Wildman–Crippen LogP) is 0.850. The van der Waals surface area contributed by atoms with E-state index in [1.54, 1.807) is 6.07 Å². The Kier molecular flexibility index (Phi) is 4.81. The Bertz CT molecular complexity index is 623. The highest BCUT2D eigenvalue weighted by Crippen LogP contribution is 2.26. The van der Waals surface area contributed by atoms with Gasteiger partial charge in [-0.2, -0.15) is 0 Å². The number of sulfonamides is 1. The fraction of sp³-hybridized carbons (Fsp3) is 0.462. The van der Waals surface area contributed by atoms with Gasteiger partial charge in [0.25, 0.3) is 0 Å². The number of amides is 1. The van der Waals surface area contributed by atoms with Crippen molar-refractivity contribution in [3.63, 3.8) is 0 Å². The third-order valence-electron chi connectivity index (χ3n) is 3.19. The number of hydrogen-bond acceptors (Lipinski definition) is 5. The van der Waals surface area contributed by atoms with E-state index in [2.05, 4.69) is 5.32 Å². The molecule has 3 N–H and O–H groups in total. The van der Waals surface area contributed by atoms with Crippen molar-refractivity contribution in [3.8, 4) is 5.75 Å². The molecule has 0 aromatic heterocycles. The Hall–Kier alpha value is -1.64. The van der Waals surface area contributed by atoms with Crippen LogP contribution in [0.4, 0.5) is 5.69 Å². The molecular formula is C13H18N2O5S. The number of carbonyl (C=O) groups excluding carboxylic acids is 1. The Labute approximate surface area is 123 Å². The van der Waals surface area contributed by atoms with Crippen LogP contribution in [0.3, 0.4) is 0 Å². The van der Waals surface area contributed by atoms with Crippen molar-refractivity contribution in [2.45, 2.75) is 30.3 Å². The molecule has 8 heteroatoms. The van der Waals surface area contributed by atoms with Crippen molar-refractivity contribution in [1.29, 1.82) is 0 Å². The van der Waals surface area contributed by atoms with E-state index < -0.39 is 10.0 Å². The van der Waals surface area contributed by atoms with Crippen molar-refractivity contribution in [2.24, 2.45) is 5.14 Å². The van der Waals surface area contributed by atoms with Crippen molar-refractivity contribution >= 4 is 21.6 Å². The van der Waals surface area contributed by atoms with Crippen LogP contribution in [0.2, 0.25) is 0 Å². The van der Waals surface area contributed by atoms with Gasteiger partial charge in [0, 0.05) is 12.3 Å². The van der Waals surface area contributed by atoms with E-state index in [0.29, 0.717) is 12.3 Å². The first-order valence-corrected chi connectivity index (χ1v) is 8.07. The van der Waals surface area contributed by atoms with E-state index >= 15 is 0 Å². The summed E-state index contributed by atoms with van der Waals surface area (Å²) in [6.45, 7) is 0.677. The van der Waals surface area contributed by atoms with Crippen LogP contribution in [-0.2, 0) is 19.6 Å². The summed E-state index contributed by atoms with van der Waals surface area (Å²) in [5, 5.41) is 7.76. The number of nitrogens with one attached hydrogen (secondary N) is 1. The average Bonchev–Trinajstić information content (AvgIpc) is 2.90. The van der Waals surface area contributed by atoms with Gasteiger partial charge in [0.15, 0.2) is 0 Å². The molecule has 1 aliphatic heterocycles. The predicted molar refractivity (Wildman–Crippen MR) is 76.6 cm³/mol. The van der Waals surface area contributed by atoms with E-state index in [1.165, 1.54) is 19.2 Å². The van der Waals surface area contributed by atoms with Gasteiger partial charge >= 0.3 is 0 Å². The third-order valence-corrected chi connectivity index (χ3v) is 4.12. The first kappa shape index (κ1) is 15.7. The summed E-state index contributed by atoms with van der Waals surface area (Å²) in [6.07, 6.45) is 1.99. The highest BCUT2D eigenvalue weighted by molar-refractivity contribution is 7.89. The van der Waals surface area contributed by atoms with Crippen molar-refractivity contribution < 1.29 is 22.7 Å². The Morgan fingerprint density at radius 3 is 2.86 bits per heavy atom. The van der Waals surface area contributed by atoms with Crippen LogP contribution < -0.4 is 15.2 Å². The lowest BCUT2D eigenvalue weighted by atomic mass is 10.2. The van der Waals surface area contributed by atoms with Gasteiger partial charge in [-0.15, -0.1) is 0 Å². The first-order valence-electron chi connectivity index (χ1n) is 6.52. The molecule has 1 aromatic carbocycles. The number of nitrogens with two attached hydrogens (primary N) is 1. The maximum atomic E-state index is 11.9. The smallest absolute Gasteiger partial charge is 0.241 e. The van der Waals surface area contributed by atoms with Crippen LogP contribution in [-0.4, -0.2) is 34.1 Å². The normalized spacial score (nSPS) is 18.5. The highest BCUT2D eigenvalue weighted by atomic mass is 32.2. The average molecular weight is 314 g/mol. The number of ether oxygens (including phenoxy) is 2. The molecule has 21 heavy (non-hydrogen) atoms. The topological polar surface area (TPSA) is 108 Å². The minimum absolute atomic E-state index is 0.0686. The van der Waals surface area contributed by atoms with Gasteiger partial charge < -0.3 is 14.8 Å². The number of methoxy groups -OCH3 is 1. The summed E-state index contributed by atoms with van der Waals surface area (Å²) in [4.78, 5) is 11.7. The lowest BCUT2D eigenvalue weighted by Gasteiger charge is -2.12.